The van der Waals surface area contributed by atoms with Gasteiger partial charge >= 0.3 is 6.18 Å². The summed E-state index contributed by atoms with van der Waals surface area (Å²) >= 11 is 0. The number of rotatable bonds is 5. The van der Waals surface area contributed by atoms with E-state index < -0.39 is 17.6 Å². The van der Waals surface area contributed by atoms with Crippen LogP contribution in [-0.2, 0) is 12.7 Å². The van der Waals surface area contributed by atoms with Crippen molar-refractivity contribution in [1.29, 1.82) is 0 Å². The number of carbonyl (C=O) groups is 1. The fraction of sp³-hybridized carbons (Fsp3) is 0.111. The van der Waals surface area contributed by atoms with Crippen molar-refractivity contribution in [1.82, 2.24) is 15.2 Å². The first kappa shape index (κ1) is 18.3. The Morgan fingerprint density at radius 3 is 2.37 bits per heavy atom. The zero-order chi connectivity index (χ0) is 19.3. The SMILES string of the molecule is O=C(Nc1ccc(C(F)(F)F)cc1)c1ccc(NCc2cccnc2)nn1. The average Bonchev–Trinajstić information content (AvgIpc) is 2.67. The van der Waals surface area contributed by atoms with Gasteiger partial charge in [-0.25, -0.2) is 0 Å². The molecule has 0 fully saturated rings. The van der Waals surface area contributed by atoms with Gasteiger partial charge < -0.3 is 10.6 Å². The van der Waals surface area contributed by atoms with Gasteiger partial charge in [0.15, 0.2) is 5.69 Å². The van der Waals surface area contributed by atoms with Crippen molar-refractivity contribution in [3.05, 3.63) is 77.7 Å². The van der Waals surface area contributed by atoms with Crippen molar-refractivity contribution < 1.29 is 18.0 Å². The minimum atomic E-state index is -4.42. The fourth-order valence-corrected chi connectivity index (χ4v) is 2.18. The van der Waals surface area contributed by atoms with Crippen molar-refractivity contribution in [2.45, 2.75) is 12.7 Å². The molecule has 3 rings (SSSR count). The molecule has 0 saturated carbocycles. The first-order valence-corrected chi connectivity index (χ1v) is 7.87. The highest BCUT2D eigenvalue weighted by atomic mass is 19.4. The van der Waals surface area contributed by atoms with Gasteiger partial charge in [-0.15, -0.1) is 10.2 Å². The summed E-state index contributed by atoms with van der Waals surface area (Å²) in [5, 5.41) is 13.3. The van der Waals surface area contributed by atoms with Crippen molar-refractivity contribution in [3.8, 4) is 0 Å². The summed E-state index contributed by atoms with van der Waals surface area (Å²) in [6, 6.07) is 10.9. The highest BCUT2D eigenvalue weighted by Gasteiger charge is 2.30. The number of amides is 1. The lowest BCUT2D eigenvalue weighted by molar-refractivity contribution is -0.137. The molecule has 2 aromatic heterocycles. The fourth-order valence-electron chi connectivity index (χ4n) is 2.18. The van der Waals surface area contributed by atoms with Crippen LogP contribution >= 0.6 is 0 Å². The van der Waals surface area contributed by atoms with E-state index in [1.54, 1.807) is 18.5 Å². The lowest BCUT2D eigenvalue weighted by atomic mass is 10.2. The maximum atomic E-state index is 12.5. The van der Waals surface area contributed by atoms with Crippen LogP contribution in [0.2, 0.25) is 0 Å². The number of pyridine rings is 1. The summed E-state index contributed by atoms with van der Waals surface area (Å²) in [6.45, 7) is 0.500. The predicted octanol–water partition coefficient (Wildman–Crippen LogP) is 3.75. The van der Waals surface area contributed by atoms with Gasteiger partial charge in [-0.1, -0.05) is 6.07 Å². The molecule has 1 amide bonds. The number of nitrogens with zero attached hydrogens (tertiary/aromatic N) is 3. The van der Waals surface area contributed by atoms with E-state index in [0.29, 0.717) is 12.4 Å². The first-order valence-electron chi connectivity index (χ1n) is 7.87. The number of aromatic nitrogens is 3. The van der Waals surface area contributed by atoms with Gasteiger partial charge in [0, 0.05) is 24.6 Å². The van der Waals surface area contributed by atoms with Crippen LogP contribution in [0.4, 0.5) is 24.7 Å². The van der Waals surface area contributed by atoms with Crippen molar-refractivity contribution >= 4 is 17.4 Å². The van der Waals surface area contributed by atoms with Crippen LogP contribution in [0.25, 0.3) is 0 Å². The zero-order valence-electron chi connectivity index (χ0n) is 13.9. The Bertz CT molecular complexity index is 897. The highest BCUT2D eigenvalue weighted by molar-refractivity contribution is 6.02. The topological polar surface area (TPSA) is 79.8 Å². The maximum absolute atomic E-state index is 12.5. The van der Waals surface area contributed by atoms with E-state index in [1.807, 2.05) is 12.1 Å². The molecule has 138 valence electrons. The molecule has 0 bridgehead atoms. The Balaban J connectivity index is 1.58. The minimum absolute atomic E-state index is 0.0434. The average molecular weight is 373 g/mol. The van der Waals surface area contributed by atoms with E-state index >= 15 is 0 Å². The molecule has 3 aromatic rings. The molecule has 0 atom stereocenters. The van der Waals surface area contributed by atoms with Crippen LogP contribution in [-0.4, -0.2) is 21.1 Å². The number of nitrogens with one attached hydrogen (secondary N) is 2. The number of alkyl halides is 3. The summed E-state index contributed by atoms with van der Waals surface area (Å²) in [6.07, 6.45) is -1.04. The summed E-state index contributed by atoms with van der Waals surface area (Å²) in [7, 11) is 0. The van der Waals surface area contributed by atoms with Gasteiger partial charge in [-0.3, -0.25) is 9.78 Å². The summed E-state index contributed by atoms with van der Waals surface area (Å²) in [5.74, 6) is -0.0917. The summed E-state index contributed by atoms with van der Waals surface area (Å²) in [4.78, 5) is 16.1. The van der Waals surface area contributed by atoms with Crippen LogP contribution in [0.5, 0.6) is 0 Å². The molecule has 1 aromatic carbocycles. The quantitative estimate of drug-likeness (QED) is 0.712. The number of benzene rings is 1. The zero-order valence-corrected chi connectivity index (χ0v) is 13.9. The summed E-state index contributed by atoms with van der Waals surface area (Å²) < 4.78 is 37.6. The Labute approximate surface area is 152 Å². The van der Waals surface area contributed by atoms with E-state index in [4.69, 9.17) is 0 Å². The molecule has 0 aliphatic rings. The third-order valence-electron chi connectivity index (χ3n) is 3.56. The van der Waals surface area contributed by atoms with Gasteiger partial charge in [0.05, 0.1) is 5.56 Å². The lowest BCUT2D eigenvalue weighted by Gasteiger charge is -2.09. The van der Waals surface area contributed by atoms with Crippen LogP contribution in [0.1, 0.15) is 21.6 Å². The van der Waals surface area contributed by atoms with E-state index in [0.717, 1.165) is 17.7 Å². The standard InChI is InChI=1S/C18H14F3N5O/c19-18(20,21)13-3-5-14(6-4-13)24-17(27)15-7-8-16(26-25-15)23-11-12-2-1-9-22-10-12/h1-10H,11H2,(H,23,26)(H,24,27). The van der Waals surface area contributed by atoms with Gasteiger partial charge in [0.1, 0.15) is 5.82 Å². The Morgan fingerprint density at radius 1 is 1.00 bits per heavy atom. The monoisotopic (exact) mass is 373 g/mol. The molecule has 6 nitrogen and oxygen atoms in total. The normalized spacial score (nSPS) is 11.1. The Hall–Kier alpha value is -3.49. The minimum Gasteiger partial charge on any atom is -0.364 e. The van der Waals surface area contributed by atoms with Crippen LogP contribution in [0.3, 0.4) is 0 Å². The first-order chi connectivity index (χ1) is 12.9. The van der Waals surface area contributed by atoms with Gasteiger partial charge in [0.2, 0.25) is 0 Å². The summed E-state index contributed by atoms with van der Waals surface area (Å²) in [5.41, 5.74) is 0.447. The van der Waals surface area contributed by atoms with Crippen molar-refractivity contribution in [2.24, 2.45) is 0 Å². The number of anilines is 2. The Morgan fingerprint density at radius 2 is 1.78 bits per heavy atom. The third-order valence-corrected chi connectivity index (χ3v) is 3.56. The second kappa shape index (κ2) is 7.81. The highest BCUT2D eigenvalue weighted by Crippen LogP contribution is 2.29. The molecule has 0 unspecified atom stereocenters. The smallest absolute Gasteiger partial charge is 0.364 e. The van der Waals surface area contributed by atoms with E-state index in [2.05, 4.69) is 25.8 Å². The third kappa shape index (κ3) is 5.00. The van der Waals surface area contributed by atoms with E-state index in [-0.39, 0.29) is 11.4 Å². The molecular formula is C18H14F3N5O. The van der Waals surface area contributed by atoms with Crippen LogP contribution < -0.4 is 10.6 Å². The number of halogens is 3. The predicted molar refractivity (Wildman–Crippen MR) is 93.0 cm³/mol. The van der Waals surface area contributed by atoms with Gasteiger partial charge in [-0.2, -0.15) is 13.2 Å². The second-order valence-electron chi connectivity index (χ2n) is 5.55. The largest absolute Gasteiger partial charge is 0.416 e. The number of hydrogen-bond acceptors (Lipinski definition) is 5. The lowest BCUT2D eigenvalue weighted by Crippen LogP contribution is -2.15. The van der Waals surface area contributed by atoms with E-state index in [9.17, 15) is 18.0 Å². The van der Waals surface area contributed by atoms with Gasteiger partial charge in [-0.05, 0) is 48.0 Å². The van der Waals surface area contributed by atoms with Crippen molar-refractivity contribution in [3.63, 3.8) is 0 Å². The second-order valence-corrected chi connectivity index (χ2v) is 5.55. The number of hydrogen-bond donors (Lipinski definition) is 2. The van der Waals surface area contributed by atoms with E-state index in [1.165, 1.54) is 18.2 Å². The van der Waals surface area contributed by atoms with Gasteiger partial charge in [0.25, 0.3) is 5.91 Å². The molecule has 9 heteroatoms. The molecule has 27 heavy (non-hydrogen) atoms. The number of carbonyl (C=O) groups excluding carboxylic acids is 1. The molecule has 0 aliphatic carbocycles. The molecular weight excluding hydrogens is 359 g/mol. The van der Waals surface area contributed by atoms with Crippen LogP contribution in [0, 0.1) is 0 Å². The van der Waals surface area contributed by atoms with Crippen LogP contribution in [0.15, 0.2) is 60.9 Å². The molecule has 0 spiro atoms. The molecule has 0 radical (unpaired) electrons. The van der Waals surface area contributed by atoms with Crippen molar-refractivity contribution in [2.75, 3.05) is 10.6 Å². The molecule has 2 N–H and O–H groups in total. The molecule has 0 aliphatic heterocycles. The molecule has 0 saturated heterocycles. The Kier molecular flexibility index (Phi) is 5.30. The molecule has 2 heterocycles. The maximum Gasteiger partial charge on any atom is 0.416 e.